The highest BCUT2D eigenvalue weighted by Crippen LogP contribution is 2.43. The highest BCUT2D eigenvalue weighted by atomic mass is 32.2. The van der Waals surface area contributed by atoms with E-state index in [1.807, 2.05) is 42.5 Å². The van der Waals surface area contributed by atoms with E-state index in [1.54, 1.807) is 6.07 Å². The molecule has 5 rings (SSSR count). The lowest BCUT2D eigenvalue weighted by Crippen LogP contribution is -2.16. The fraction of sp³-hybridized carbons (Fsp3) is 0.226. The highest BCUT2D eigenvalue weighted by molar-refractivity contribution is 7.99. The number of aromatic nitrogens is 1. The highest BCUT2D eigenvalue weighted by Gasteiger charge is 2.30. The zero-order valence-corrected chi connectivity index (χ0v) is 23.1. The molecule has 0 bridgehead atoms. The summed E-state index contributed by atoms with van der Waals surface area (Å²) in [7, 11) is 1.37. The molecule has 0 fully saturated rings. The molecule has 1 aliphatic carbocycles. The molecule has 1 unspecified atom stereocenters. The molecule has 1 atom stereocenters. The Balaban J connectivity index is 1.27. The summed E-state index contributed by atoms with van der Waals surface area (Å²) in [6.07, 6.45) is 2.75. The van der Waals surface area contributed by atoms with Crippen LogP contribution in [-0.2, 0) is 22.4 Å². The first-order valence-corrected chi connectivity index (χ1v) is 14.5. The number of esters is 1. The number of nitrogens with one attached hydrogen (secondary N) is 1. The van der Waals surface area contributed by atoms with Gasteiger partial charge in [0.1, 0.15) is 16.1 Å². The molecule has 4 aromatic rings. The maximum Gasteiger partial charge on any atom is 0.341 e. The van der Waals surface area contributed by atoms with Crippen molar-refractivity contribution >= 4 is 40.0 Å². The first-order valence-electron chi connectivity index (χ1n) is 12.7. The third kappa shape index (κ3) is 6.06. The topological polar surface area (TPSA) is 92.1 Å². The van der Waals surface area contributed by atoms with Gasteiger partial charge in [-0.3, -0.25) is 4.79 Å². The van der Waals surface area contributed by atoms with E-state index in [1.165, 1.54) is 35.8 Å². The van der Waals surface area contributed by atoms with Gasteiger partial charge in [0.15, 0.2) is 0 Å². The van der Waals surface area contributed by atoms with Gasteiger partial charge in [0, 0.05) is 22.6 Å². The number of benzene rings is 2. The average Bonchev–Trinajstić information content (AvgIpc) is 3.34. The molecule has 0 saturated heterocycles. The Hall–Kier alpha value is -3.93. The summed E-state index contributed by atoms with van der Waals surface area (Å²) in [6.45, 7) is 0. The minimum absolute atomic E-state index is 0.191. The fourth-order valence-electron chi connectivity index (χ4n) is 4.84. The molecule has 0 aliphatic heterocycles. The summed E-state index contributed by atoms with van der Waals surface area (Å²) in [5.74, 6) is 0.219. The Morgan fingerprint density at radius 1 is 1.10 bits per heavy atom. The van der Waals surface area contributed by atoms with Crippen LogP contribution >= 0.6 is 23.1 Å². The first kappa shape index (κ1) is 26.7. The van der Waals surface area contributed by atoms with Crippen molar-refractivity contribution in [1.82, 2.24) is 4.98 Å². The number of thioether (sulfide) groups is 1. The molecule has 0 spiro atoms. The third-order valence-electron chi connectivity index (χ3n) is 6.80. The molecule has 1 aliphatic rings. The number of rotatable bonds is 8. The summed E-state index contributed by atoms with van der Waals surface area (Å²) in [5.41, 5.74) is 4.99. The second-order valence-corrected chi connectivity index (χ2v) is 11.4. The van der Waals surface area contributed by atoms with Crippen LogP contribution in [0, 0.1) is 11.3 Å². The molecule has 1 amide bonds. The van der Waals surface area contributed by atoms with Crippen LogP contribution in [0.5, 0.6) is 0 Å². The first-order chi connectivity index (χ1) is 19.1. The maximum absolute atomic E-state index is 13.0. The Bertz CT molecular complexity index is 1530. The van der Waals surface area contributed by atoms with E-state index >= 15 is 0 Å². The summed E-state index contributed by atoms with van der Waals surface area (Å²) in [4.78, 5) is 31.5. The molecule has 1 N–H and O–H groups in total. The van der Waals surface area contributed by atoms with Crippen molar-refractivity contribution in [3.05, 3.63) is 99.9 Å². The molecule has 2 heterocycles. The van der Waals surface area contributed by atoms with E-state index in [2.05, 4.69) is 40.6 Å². The number of amides is 1. The lowest BCUT2D eigenvalue weighted by atomic mass is 9.83. The van der Waals surface area contributed by atoms with Gasteiger partial charge < -0.3 is 10.1 Å². The van der Waals surface area contributed by atoms with Crippen LogP contribution < -0.4 is 5.32 Å². The van der Waals surface area contributed by atoms with Gasteiger partial charge in [-0.05, 0) is 48.4 Å². The predicted octanol–water partition coefficient (Wildman–Crippen LogP) is 6.86. The number of methoxy groups -OCH3 is 1. The van der Waals surface area contributed by atoms with Crippen LogP contribution in [0.2, 0.25) is 0 Å². The number of fused-ring (bicyclic) bond motifs is 1. The molecule has 8 heteroatoms. The number of carbonyl (C=O) groups excluding carboxylic acids is 2. The minimum atomic E-state index is -0.420. The van der Waals surface area contributed by atoms with E-state index in [0.717, 1.165) is 41.0 Å². The lowest BCUT2D eigenvalue weighted by molar-refractivity contribution is -0.115. The Kier molecular flexibility index (Phi) is 8.40. The summed E-state index contributed by atoms with van der Waals surface area (Å²) in [6, 6.07) is 26.0. The van der Waals surface area contributed by atoms with Gasteiger partial charge in [-0.2, -0.15) is 5.26 Å². The van der Waals surface area contributed by atoms with Gasteiger partial charge in [-0.25, -0.2) is 9.78 Å². The number of pyridine rings is 1. The molecule has 0 radical (unpaired) electrons. The van der Waals surface area contributed by atoms with Crippen LogP contribution in [0.3, 0.4) is 0 Å². The van der Waals surface area contributed by atoms with Crippen molar-refractivity contribution in [1.29, 1.82) is 5.26 Å². The number of thiophene rings is 1. The Morgan fingerprint density at radius 2 is 1.85 bits per heavy atom. The molecular formula is C31H27N3O3S2. The van der Waals surface area contributed by atoms with Gasteiger partial charge in [0.05, 0.1) is 23.9 Å². The van der Waals surface area contributed by atoms with Gasteiger partial charge in [-0.1, -0.05) is 60.7 Å². The van der Waals surface area contributed by atoms with E-state index in [-0.39, 0.29) is 12.3 Å². The second-order valence-electron chi connectivity index (χ2n) is 9.22. The number of anilines is 1. The molecule has 39 heavy (non-hydrogen) atoms. The SMILES string of the molecule is COC(=O)c1c(NC(=O)CCSc2nc(-c3ccccc3)ccc2C#N)sc2c1CCC(c1ccccc1)C2. The van der Waals surface area contributed by atoms with Crippen molar-refractivity contribution < 1.29 is 14.3 Å². The zero-order valence-electron chi connectivity index (χ0n) is 21.5. The molecule has 2 aromatic carbocycles. The van der Waals surface area contributed by atoms with Crippen LogP contribution in [-0.4, -0.2) is 29.7 Å². The summed E-state index contributed by atoms with van der Waals surface area (Å²) in [5, 5.41) is 13.7. The summed E-state index contributed by atoms with van der Waals surface area (Å²) < 4.78 is 5.08. The Labute approximate surface area is 236 Å². The number of hydrogen-bond donors (Lipinski definition) is 1. The quantitative estimate of drug-likeness (QED) is 0.189. The zero-order chi connectivity index (χ0) is 27.2. The van der Waals surface area contributed by atoms with Crippen molar-refractivity contribution in [2.45, 2.75) is 36.6 Å². The number of nitrogens with zero attached hydrogens (tertiary/aromatic N) is 2. The van der Waals surface area contributed by atoms with E-state index in [9.17, 15) is 14.9 Å². The Morgan fingerprint density at radius 3 is 2.56 bits per heavy atom. The van der Waals surface area contributed by atoms with Crippen LogP contribution in [0.15, 0.2) is 77.8 Å². The van der Waals surface area contributed by atoms with E-state index < -0.39 is 5.97 Å². The van der Waals surface area contributed by atoms with E-state index in [0.29, 0.717) is 32.8 Å². The predicted molar refractivity (Wildman–Crippen MR) is 155 cm³/mol. The van der Waals surface area contributed by atoms with E-state index in [4.69, 9.17) is 4.74 Å². The number of hydrogen-bond acceptors (Lipinski definition) is 7. The van der Waals surface area contributed by atoms with Gasteiger partial charge in [0.25, 0.3) is 0 Å². The third-order valence-corrected chi connectivity index (χ3v) is 8.96. The number of ether oxygens (including phenoxy) is 1. The van der Waals surface area contributed by atoms with Crippen LogP contribution in [0.4, 0.5) is 5.00 Å². The maximum atomic E-state index is 13.0. The number of carbonyl (C=O) groups is 2. The average molecular weight is 554 g/mol. The van der Waals surface area contributed by atoms with Gasteiger partial charge in [-0.15, -0.1) is 23.1 Å². The monoisotopic (exact) mass is 553 g/mol. The van der Waals surface area contributed by atoms with Gasteiger partial charge in [0.2, 0.25) is 5.91 Å². The molecular weight excluding hydrogens is 526 g/mol. The smallest absolute Gasteiger partial charge is 0.341 e. The molecule has 196 valence electrons. The number of nitriles is 1. The summed E-state index contributed by atoms with van der Waals surface area (Å²) >= 11 is 2.85. The largest absolute Gasteiger partial charge is 0.465 e. The molecule has 2 aromatic heterocycles. The second kappa shape index (κ2) is 12.3. The molecule has 0 saturated carbocycles. The van der Waals surface area contributed by atoms with Crippen molar-refractivity contribution in [3.63, 3.8) is 0 Å². The van der Waals surface area contributed by atoms with Crippen molar-refractivity contribution in [3.8, 4) is 17.3 Å². The molecule has 6 nitrogen and oxygen atoms in total. The lowest BCUT2D eigenvalue weighted by Gasteiger charge is -2.22. The fourth-order valence-corrected chi connectivity index (χ4v) is 7.08. The van der Waals surface area contributed by atoms with Crippen molar-refractivity contribution in [2.75, 3.05) is 18.2 Å². The minimum Gasteiger partial charge on any atom is -0.465 e. The standard InChI is InChI=1S/C31H27N3O3S2/c1-37-31(36)28-24-14-12-22(20-8-4-2-5-9-20)18-26(24)39-30(28)34-27(35)16-17-38-29-23(19-32)13-15-25(33-29)21-10-6-3-7-11-21/h2-11,13,15,22H,12,14,16-18H2,1H3,(H,34,35). The van der Waals surface area contributed by atoms with Crippen molar-refractivity contribution in [2.24, 2.45) is 0 Å². The normalized spacial score (nSPS) is 14.2. The van der Waals surface area contributed by atoms with Gasteiger partial charge >= 0.3 is 5.97 Å². The van der Waals surface area contributed by atoms with Crippen LogP contribution in [0.25, 0.3) is 11.3 Å². The van der Waals surface area contributed by atoms with Crippen LogP contribution in [0.1, 0.15) is 50.7 Å².